The van der Waals surface area contributed by atoms with E-state index >= 15 is 0 Å². The van der Waals surface area contributed by atoms with E-state index in [9.17, 15) is 4.39 Å². The first kappa shape index (κ1) is 20.5. The molecule has 1 heterocycles. The number of hydrogen-bond acceptors (Lipinski definition) is 4. The first-order chi connectivity index (χ1) is 14.1. The van der Waals surface area contributed by atoms with E-state index in [0.29, 0.717) is 24.9 Å². The molecule has 1 unspecified atom stereocenters. The number of aryl methyl sites for hydroxylation is 1. The lowest BCUT2D eigenvalue weighted by molar-refractivity contribution is 0.106. The fraction of sp³-hybridized carbons (Fsp3) is 0.273. The Hall–Kier alpha value is -3.19. The van der Waals surface area contributed by atoms with Crippen LogP contribution >= 0.6 is 0 Å². The van der Waals surface area contributed by atoms with Crippen LogP contribution in [-0.2, 0) is 11.3 Å². The van der Waals surface area contributed by atoms with Gasteiger partial charge in [0.05, 0.1) is 18.3 Å². The highest BCUT2D eigenvalue weighted by molar-refractivity contribution is 5.79. The Morgan fingerprint density at radius 1 is 1.14 bits per heavy atom. The number of methoxy groups -OCH3 is 1. The van der Waals surface area contributed by atoms with Crippen LogP contribution in [0.3, 0.4) is 0 Å². The largest absolute Gasteiger partial charge is 0.444 e. The van der Waals surface area contributed by atoms with Crippen molar-refractivity contribution in [3.63, 3.8) is 0 Å². The lowest BCUT2D eigenvalue weighted by Crippen LogP contribution is -2.39. The van der Waals surface area contributed by atoms with Gasteiger partial charge in [-0.3, -0.25) is 4.99 Å². The summed E-state index contributed by atoms with van der Waals surface area (Å²) in [6.07, 6.45) is 1.40. The molecular weight excluding hydrogens is 371 g/mol. The van der Waals surface area contributed by atoms with Gasteiger partial charge < -0.3 is 19.8 Å². The van der Waals surface area contributed by atoms with E-state index in [-0.39, 0.29) is 11.9 Å². The summed E-state index contributed by atoms with van der Waals surface area (Å²) in [6.45, 7) is 2.98. The van der Waals surface area contributed by atoms with E-state index in [1.165, 1.54) is 17.7 Å². The SMILES string of the molecule is CN=C(NCc1coc(-c2ccc(C)cc2)n1)NCC(OC)c1ccc(F)cc1. The Kier molecular flexibility index (Phi) is 6.97. The third-order valence-electron chi connectivity index (χ3n) is 4.49. The minimum atomic E-state index is -0.272. The highest BCUT2D eigenvalue weighted by Crippen LogP contribution is 2.19. The van der Waals surface area contributed by atoms with Crippen LogP contribution in [0.5, 0.6) is 0 Å². The average Bonchev–Trinajstić information content (AvgIpc) is 3.21. The maximum absolute atomic E-state index is 13.1. The minimum absolute atomic E-state index is 0.227. The molecule has 1 aromatic heterocycles. The van der Waals surface area contributed by atoms with Crippen LogP contribution in [0.25, 0.3) is 11.5 Å². The average molecular weight is 396 g/mol. The number of oxazole rings is 1. The first-order valence-corrected chi connectivity index (χ1v) is 9.33. The number of benzene rings is 2. The van der Waals surface area contributed by atoms with Crippen molar-refractivity contribution in [2.45, 2.75) is 19.6 Å². The van der Waals surface area contributed by atoms with Crippen LogP contribution in [0.4, 0.5) is 4.39 Å². The molecule has 0 saturated heterocycles. The third kappa shape index (κ3) is 5.65. The van der Waals surface area contributed by atoms with E-state index in [1.54, 1.807) is 32.6 Å². The molecule has 1 atom stereocenters. The van der Waals surface area contributed by atoms with Crippen molar-refractivity contribution >= 4 is 5.96 Å². The molecule has 6 nitrogen and oxygen atoms in total. The van der Waals surface area contributed by atoms with Crippen molar-refractivity contribution < 1.29 is 13.5 Å². The van der Waals surface area contributed by atoms with Crippen molar-refractivity contribution in [2.75, 3.05) is 20.7 Å². The number of rotatable bonds is 7. The third-order valence-corrected chi connectivity index (χ3v) is 4.49. The molecule has 2 N–H and O–H groups in total. The van der Waals surface area contributed by atoms with Gasteiger partial charge in [-0.15, -0.1) is 0 Å². The fourth-order valence-corrected chi connectivity index (χ4v) is 2.82. The van der Waals surface area contributed by atoms with Crippen LogP contribution < -0.4 is 10.6 Å². The molecule has 0 saturated carbocycles. The van der Waals surface area contributed by atoms with E-state index in [2.05, 4.69) is 20.6 Å². The van der Waals surface area contributed by atoms with Crippen LogP contribution in [0.15, 0.2) is 64.2 Å². The van der Waals surface area contributed by atoms with Gasteiger partial charge in [-0.2, -0.15) is 0 Å². The first-order valence-electron chi connectivity index (χ1n) is 9.33. The zero-order chi connectivity index (χ0) is 20.6. The standard InChI is InChI=1S/C22H25FN4O2/c1-15-4-6-17(7-5-15)21-27-19(14-29-21)12-25-22(24-2)26-13-20(28-3)16-8-10-18(23)11-9-16/h4-11,14,20H,12-13H2,1-3H3,(H2,24,25,26). The molecule has 0 aliphatic rings. The second kappa shape index (κ2) is 9.84. The van der Waals surface area contributed by atoms with E-state index in [4.69, 9.17) is 9.15 Å². The van der Waals surface area contributed by atoms with Gasteiger partial charge in [0.25, 0.3) is 0 Å². The number of hydrogen-bond donors (Lipinski definition) is 2. The summed E-state index contributed by atoms with van der Waals surface area (Å²) in [6, 6.07) is 14.3. The van der Waals surface area contributed by atoms with Crippen molar-refractivity contribution in [1.29, 1.82) is 0 Å². The minimum Gasteiger partial charge on any atom is -0.444 e. The molecule has 7 heteroatoms. The molecule has 2 aromatic carbocycles. The van der Waals surface area contributed by atoms with Crippen molar-refractivity contribution in [3.8, 4) is 11.5 Å². The topological polar surface area (TPSA) is 71.7 Å². The summed E-state index contributed by atoms with van der Waals surface area (Å²) in [4.78, 5) is 8.72. The summed E-state index contributed by atoms with van der Waals surface area (Å²) in [5.74, 6) is 0.918. The van der Waals surface area contributed by atoms with E-state index in [1.807, 2.05) is 31.2 Å². The predicted octanol–water partition coefficient (Wildman–Crippen LogP) is 3.84. The van der Waals surface area contributed by atoms with Crippen LogP contribution in [0.2, 0.25) is 0 Å². The molecule has 29 heavy (non-hydrogen) atoms. The molecular formula is C22H25FN4O2. The summed E-state index contributed by atoms with van der Waals surface area (Å²) in [5, 5.41) is 6.41. The number of guanidine groups is 1. The lowest BCUT2D eigenvalue weighted by atomic mass is 10.1. The van der Waals surface area contributed by atoms with Gasteiger partial charge in [0.2, 0.25) is 5.89 Å². The quantitative estimate of drug-likeness (QED) is 0.469. The zero-order valence-electron chi connectivity index (χ0n) is 16.8. The number of ether oxygens (including phenoxy) is 1. The molecule has 3 aromatic rings. The predicted molar refractivity (Wildman–Crippen MR) is 111 cm³/mol. The number of aliphatic imine (C=N–C) groups is 1. The smallest absolute Gasteiger partial charge is 0.226 e. The van der Waals surface area contributed by atoms with Crippen LogP contribution in [0.1, 0.15) is 22.9 Å². The molecule has 0 aliphatic heterocycles. The van der Waals surface area contributed by atoms with Gasteiger partial charge in [-0.25, -0.2) is 9.37 Å². The Bertz CT molecular complexity index is 936. The van der Waals surface area contributed by atoms with Crippen LogP contribution in [-0.4, -0.2) is 31.6 Å². The van der Waals surface area contributed by atoms with Crippen LogP contribution in [0, 0.1) is 12.7 Å². The van der Waals surface area contributed by atoms with Crippen molar-refractivity contribution in [1.82, 2.24) is 15.6 Å². The van der Waals surface area contributed by atoms with E-state index in [0.717, 1.165) is 16.8 Å². The highest BCUT2D eigenvalue weighted by Gasteiger charge is 2.12. The van der Waals surface area contributed by atoms with Crippen molar-refractivity contribution in [3.05, 3.63) is 77.4 Å². The Balaban J connectivity index is 1.54. The van der Waals surface area contributed by atoms with Gasteiger partial charge in [0.15, 0.2) is 5.96 Å². The summed E-state index contributed by atoms with van der Waals surface area (Å²) in [7, 11) is 3.31. The molecule has 0 spiro atoms. The number of halogens is 1. The Morgan fingerprint density at radius 2 is 1.86 bits per heavy atom. The maximum Gasteiger partial charge on any atom is 0.226 e. The molecule has 0 radical (unpaired) electrons. The number of aromatic nitrogens is 1. The normalized spacial score (nSPS) is 12.6. The van der Waals surface area contributed by atoms with E-state index < -0.39 is 0 Å². The van der Waals surface area contributed by atoms with Crippen molar-refractivity contribution in [2.24, 2.45) is 4.99 Å². The maximum atomic E-state index is 13.1. The monoisotopic (exact) mass is 396 g/mol. The van der Waals surface area contributed by atoms with Gasteiger partial charge in [-0.1, -0.05) is 29.8 Å². The van der Waals surface area contributed by atoms with Gasteiger partial charge in [0, 0.05) is 26.3 Å². The molecule has 152 valence electrons. The second-order valence-electron chi connectivity index (χ2n) is 6.59. The summed E-state index contributed by atoms with van der Waals surface area (Å²) < 4.78 is 24.2. The summed E-state index contributed by atoms with van der Waals surface area (Å²) in [5.41, 5.74) is 3.78. The number of nitrogens with zero attached hydrogens (tertiary/aromatic N) is 2. The highest BCUT2D eigenvalue weighted by atomic mass is 19.1. The molecule has 3 rings (SSSR count). The number of nitrogens with one attached hydrogen (secondary N) is 2. The van der Waals surface area contributed by atoms with Gasteiger partial charge >= 0.3 is 0 Å². The van der Waals surface area contributed by atoms with Gasteiger partial charge in [-0.05, 0) is 36.8 Å². The lowest BCUT2D eigenvalue weighted by Gasteiger charge is -2.18. The van der Waals surface area contributed by atoms with Gasteiger partial charge in [0.1, 0.15) is 12.1 Å². The molecule has 0 bridgehead atoms. The Morgan fingerprint density at radius 3 is 2.52 bits per heavy atom. The second-order valence-corrected chi connectivity index (χ2v) is 6.59. The molecule has 0 fully saturated rings. The zero-order valence-corrected chi connectivity index (χ0v) is 16.8. The Labute approximate surface area is 169 Å². The fourth-order valence-electron chi connectivity index (χ4n) is 2.82. The molecule has 0 aliphatic carbocycles. The molecule has 0 amide bonds. The summed E-state index contributed by atoms with van der Waals surface area (Å²) >= 11 is 0.